The van der Waals surface area contributed by atoms with Crippen molar-refractivity contribution in [2.75, 3.05) is 19.3 Å². The Balaban J connectivity index is 2.20. The lowest BCUT2D eigenvalue weighted by Gasteiger charge is -2.05. The lowest BCUT2D eigenvalue weighted by molar-refractivity contribution is 0.326. The molecule has 6 heteroatoms. The quantitative estimate of drug-likeness (QED) is 0.288. The number of nitrogens with two attached hydrogens (primary N) is 1. The van der Waals surface area contributed by atoms with Crippen molar-refractivity contribution in [1.82, 2.24) is 4.72 Å². The molecule has 1 aromatic carbocycles. The SMILES string of the molecule is COB(O)CNSCc1cccc(N)c1. The fourth-order valence-corrected chi connectivity index (χ4v) is 1.74. The van der Waals surface area contributed by atoms with Gasteiger partial charge in [-0.05, 0) is 17.7 Å². The van der Waals surface area contributed by atoms with Crippen LogP contribution in [0.3, 0.4) is 0 Å². The summed E-state index contributed by atoms with van der Waals surface area (Å²) in [6.07, 6.45) is 0.406. The van der Waals surface area contributed by atoms with E-state index in [9.17, 15) is 0 Å². The maximum atomic E-state index is 9.08. The van der Waals surface area contributed by atoms with Gasteiger partial charge in [-0.15, -0.1) is 0 Å². The van der Waals surface area contributed by atoms with Gasteiger partial charge in [0.05, 0.1) is 0 Å². The van der Waals surface area contributed by atoms with Crippen LogP contribution < -0.4 is 10.5 Å². The van der Waals surface area contributed by atoms with E-state index < -0.39 is 7.12 Å². The topological polar surface area (TPSA) is 67.5 Å². The highest BCUT2D eigenvalue weighted by Crippen LogP contribution is 2.12. The Kier molecular flexibility index (Phi) is 5.56. The van der Waals surface area contributed by atoms with Gasteiger partial charge in [0.2, 0.25) is 0 Å². The summed E-state index contributed by atoms with van der Waals surface area (Å²) in [6.45, 7) is 0. The predicted octanol–water partition coefficient (Wildman–Crippen LogP) is 0.673. The normalized spacial score (nSPS) is 10.3. The van der Waals surface area contributed by atoms with E-state index in [0.717, 1.165) is 17.0 Å². The van der Waals surface area contributed by atoms with Gasteiger partial charge in [0.25, 0.3) is 0 Å². The fourth-order valence-electron chi connectivity index (χ4n) is 1.03. The number of benzene rings is 1. The Morgan fingerprint density at radius 2 is 2.40 bits per heavy atom. The monoisotopic (exact) mass is 226 g/mol. The third-order valence-electron chi connectivity index (χ3n) is 1.82. The number of hydrogen-bond donors (Lipinski definition) is 3. The summed E-state index contributed by atoms with van der Waals surface area (Å²) in [5.41, 5.74) is 7.56. The first kappa shape index (κ1) is 12.4. The molecule has 1 aromatic rings. The molecular weight excluding hydrogens is 211 g/mol. The minimum Gasteiger partial charge on any atom is -0.426 e. The Morgan fingerprint density at radius 1 is 1.60 bits per heavy atom. The van der Waals surface area contributed by atoms with Crippen molar-refractivity contribution in [2.45, 2.75) is 5.75 Å². The van der Waals surface area contributed by atoms with Crippen molar-refractivity contribution in [2.24, 2.45) is 0 Å². The second-order valence-electron chi connectivity index (χ2n) is 3.07. The molecule has 0 aliphatic rings. The van der Waals surface area contributed by atoms with Crippen LogP contribution in [0.1, 0.15) is 5.56 Å². The molecule has 0 aliphatic heterocycles. The van der Waals surface area contributed by atoms with E-state index in [1.807, 2.05) is 24.3 Å². The molecule has 0 bridgehead atoms. The van der Waals surface area contributed by atoms with Gasteiger partial charge >= 0.3 is 7.12 Å². The molecule has 0 atom stereocenters. The Bertz CT molecular complexity index is 301. The van der Waals surface area contributed by atoms with Gasteiger partial charge in [-0.1, -0.05) is 24.1 Å². The van der Waals surface area contributed by atoms with Crippen LogP contribution in [0, 0.1) is 0 Å². The highest BCUT2D eigenvalue weighted by Gasteiger charge is 2.08. The zero-order chi connectivity index (χ0) is 11.1. The summed E-state index contributed by atoms with van der Waals surface area (Å²) >= 11 is 1.51. The first-order chi connectivity index (χ1) is 7.22. The molecule has 0 fully saturated rings. The third-order valence-corrected chi connectivity index (χ3v) is 2.67. The largest absolute Gasteiger partial charge is 0.469 e. The van der Waals surface area contributed by atoms with Gasteiger partial charge < -0.3 is 15.4 Å². The molecule has 0 heterocycles. The van der Waals surface area contributed by atoms with Crippen LogP contribution in [0.4, 0.5) is 5.69 Å². The minimum absolute atomic E-state index is 0.406. The predicted molar refractivity (Wildman–Crippen MR) is 65.1 cm³/mol. The van der Waals surface area contributed by atoms with Crippen LogP contribution in [0.15, 0.2) is 24.3 Å². The first-order valence-corrected chi connectivity index (χ1v) is 5.61. The van der Waals surface area contributed by atoms with Crippen molar-refractivity contribution < 1.29 is 9.68 Å². The van der Waals surface area contributed by atoms with E-state index in [4.69, 9.17) is 10.8 Å². The van der Waals surface area contributed by atoms with Gasteiger partial charge in [-0.3, -0.25) is 4.72 Å². The number of nitrogen functional groups attached to an aromatic ring is 1. The van der Waals surface area contributed by atoms with Crippen molar-refractivity contribution in [3.8, 4) is 0 Å². The highest BCUT2D eigenvalue weighted by atomic mass is 32.2. The maximum Gasteiger partial charge on any atom is 0.469 e. The number of hydrogen-bond acceptors (Lipinski definition) is 5. The molecule has 0 radical (unpaired) electrons. The molecule has 4 nitrogen and oxygen atoms in total. The zero-order valence-electron chi connectivity index (χ0n) is 8.64. The van der Waals surface area contributed by atoms with Crippen LogP contribution in [-0.4, -0.2) is 25.7 Å². The van der Waals surface area contributed by atoms with Gasteiger partial charge in [0, 0.05) is 25.0 Å². The van der Waals surface area contributed by atoms with E-state index in [-0.39, 0.29) is 0 Å². The van der Waals surface area contributed by atoms with Gasteiger partial charge in [0.1, 0.15) is 0 Å². The molecule has 0 saturated heterocycles. The average Bonchev–Trinajstić information content (AvgIpc) is 2.24. The van der Waals surface area contributed by atoms with Crippen molar-refractivity contribution in [3.63, 3.8) is 0 Å². The van der Waals surface area contributed by atoms with Crippen molar-refractivity contribution >= 4 is 24.8 Å². The van der Waals surface area contributed by atoms with Crippen molar-refractivity contribution in [1.29, 1.82) is 0 Å². The fraction of sp³-hybridized carbons (Fsp3) is 0.333. The Hall–Kier alpha value is -0.685. The van der Waals surface area contributed by atoms with E-state index >= 15 is 0 Å². The second-order valence-corrected chi connectivity index (χ2v) is 3.94. The summed E-state index contributed by atoms with van der Waals surface area (Å²) in [5.74, 6) is 0.807. The molecule has 0 spiro atoms. The minimum atomic E-state index is -0.752. The number of anilines is 1. The lowest BCUT2D eigenvalue weighted by atomic mass is 9.93. The molecule has 4 N–H and O–H groups in total. The smallest absolute Gasteiger partial charge is 0.426 e. The summed E-state index contributed by atoms with van der Waals surface area (Å²) in [4.78, 5) is 0. The highest BCUT2D eigenvalue weighted by molar-refractivity contribution is 7.96. The molecule has 0 aliphatic carbocycles. The molecule has 1 rings (SSSR count). The molecule has 82 valence electrons. The van der Waals surface area contributed by atoms with Crippen LogP contribution in [0.25, 0.3) is 0 Å². The molecule has 0 unspecified atom stereocenters. The Morgan fingerprint density at radius 3 is 3.07 bits per heavy atom. The molecule has 0 saturated carbocycles. The first-order valence-electron chi connectivity index (χ1n) is 4.62. The molecule has 15 heavy (non-hydrogen) atoms. The second kappa shape index (κ2) is 6.74. The lowest BCUT2D eigenvalue weighted by Crippen LogP contribution is -2.28. The van der Waals surface area contributed by atoms with E-state index in [1.54, 1.807) is 0 Å². The van der Waals surface area contributed by atoms with Gasteiger partial charge in [-0.2, -0.15) is 0 Å². The third kappa shape index (κ3) is 5.08. The van der Waals surface area contributed by atoms with Crippen LogP contribution in [-0.2, 0) is 10.4 Å². The molecule has 0 aromatic heterocycles. The van der Waals surface area contributed by atoms with Crippen molar-refractivity contribution in [3.05, 3.63) is 29.8 Å². The summed E-state index contributed by atoms with van der Waals surface area (Å²) in [6, 6.07) is 7.73. The van der Waals surface area contributed by atoms with Crippen LogP contribution in [0.5, 0.6) is 0 Å². The standard InChI is InChI=1S/C9H15BN2O2S/c1-14-10(13)7-12-15-6-8-3-2-4-9(11)5-8/h2-5,12-13H,6-7,11H2,1H3. The molecule has 0 amide bonds. The Labute approximate surface area is 94.5 Å². The zero-order valence-corrected chi connectivity index (χ0v) is 9.46. The van der Waals surface area contributed by atoms with Crippen LogP contribution >= 0.6 is 11.9 Å². The summed E-state index contributed by atoms with van der Waals surface area (Å²) in [5, 5.41) is 9.08. The maximum absolute atomic E-state index is 9.08. The summed E-state index contributed by atoms with van der Waals surface area (Å²) < 4.78 is 7.69. The van der Waals surface area contributed by atoms with E-state index in [2.05, 4.69) is 9.38 Å². The van der Waals surface area contributed by atoms with Gasteiger partial charge in [0.15, 0.2) is 0 Å². The number of nitrogens with one attached hydrogen (secondary N) is 1. The van der Waals surface area contributed by atoms with Gasteiger partial charge in [-0.25, -0.2) is 0 Å². The summed E-state index contributed by atoms with van der Waals surface area (Å²) in [7, 11) is 0.716. The average molecular weight is 226 g/mol. The van der Waals surface area contributed by atoms with E-state index in [1.165, 1.54) is 19.1 Å². The molecular formula is C9H15BN2O2S. The van der Waals surface area contributed by atoms with E-state index in [0.29, 0.717) is 6.44 Å². The number of rotatable bonds is 6. The van der Waals surface area contributed by atoms with Crippen LogP contribution in [0.2, 0.25) is 0 Å².